The Morgan fingerprint density at radius 2 is 2.05 bits per heavy atom. The number of hydrogen-bond acceptors (Lipinski definition) is 2. The lowest BCUT2D eigenvalue weighted by Gasteiger charge is -2.26. The van der Waals surface area contributed by atoms with Crippen LogP contribution in [0.5, 0.6) is 0 Å². The summed E-state index contributed by atoms with van der Waals surface area (Å²) in [6, 6.07) is 5.13. The Bertz CT molecular complexity index is 537. The molecule has 1 fully saturated rings. The molecule has 0 heterocycles. The van der Waals surface area contributed by atoms with Crippen molar-refractivity contribution in [3.63, 3.8) is 0 Å². The number of carbonyl (C=O) groups excluding carboxylic acids is 1. The fourth-order valence-electron chi connectivity index (χ4n) is 2.65. The van der Waals surface area contributed by atoms with Gasteiger partial charge in [0.05, 0.1) is 6.61 Å². The van der Waals surface area contributed by atoms with Crippen molar-refractivity contribution in [2.75, 3.05) is 13.2 Å². The van der Waals surface area contributed by atoms with E-state index in [-0.39, 0.29) is 17.9 Å². The molecule has 1 aliphatic carbocycles. The van der Waals surface area contributed by atoms with Gasteiger partial charge in [-0.25, -0.2) is 0 Å². The van der Waals surface area contributed by atoms with Crippen LogP contribution in [0.3, 0.4) is 0 Å². The van der Waals surface area contributed by atoms with Gasteiger partial charge in [0.15, 0.2) is 0 Å². The van der Waals surface area contributed by atoms with Gasteiger partial charge in [0.1, 0.15) is 0 Å². The maximum absolute atomic E-state index is 11.9. The molecule has 114 valence electrons. The Morgan fingerprint density at radius 3 is 2.67 bits per heavy atom. The maximum atomic E-state index is 11.9. The Labute approximate surface area is 134 Å². The first-order chi connectivity index (χ1) is 10.0. The molecular weight excluding hydrogens is 309 g/mol. The number of aliphatic hydroxyl groups is 1. The molecule has 0 aromatic heterocycles. The van der Waals surface area contributed by atoms with Crippen LogP contribution in [0.2, 0.25) is 10.0 Å². The van der Waals surface area contributed by atoms with E-state index in [9.17, 15) is 9.90 Å². The van der Waals surface area contributed by atoms with Crippen molar-refractivity contribution >= 4 is 35.2 Å². The minimum atomic E-state index is -0.180. The van der Waals surface area contributed by atoms with Gasteiger partial charge in [0.25, 0.3) is 0 Å². The van der Waals surface area contributed by atoms with E-state index in [2.05, 4.69) is 5.32 Å². The lowest BCUT2D eigenvalue weighted by Crippen LogP contribution is -2.37. The summed E-state index contributed by atoms with van der Waals surface area (Å²) in [7, 11) is 0. The van der Waals surface area contributed by atoms with Crippen LogP contribution in [0.4, 0.5) is 0 Å². The zero-order valence-corrected chi connectivity index (χ0v) is 13.3. The fourth-order valence-corrected chi connectivity index (χ4v) is 3.12. The topological polar surface area (TPSA) is 49.3 Å². The number of hydrogen-bond donors (Lipinski definition) is 2. The third-order valence-corrected chi connectivity index (χ3v) is 4.58. The molecule has 5 heteroatoms. The van der Waals surface area contributed by atoms with Crippen molar-refractivity contribution in [2.45, 2.75) is 25.7 Å². The molecule has 0 bridgehead atoms. The van der Waals surface area contributed by atoms with E-state index in [0.717, 1.165) is 31.2 Å². The maximum Gasteiger partial charge on any atom is 0.244 e. The number of benzene rings is 1. The predicted molar refractivity (Wildman–Crippen MR) is 86.5 cm³/mol. The highest BCUT2D eigenvalue weighted by atomic mass is 35.5. The summed E-state index contributed by atoms with van der Waals surface area (Å²) in [6.07, 6.45) is 7.29. The van der Waals surface area contributed by atoms with Crippen LogP contribution in [0.25, 0.3) is 6.08 Å². The van der Waals surface area contributed by atoms with Crippen LogP contribution in [0, 0.1) is 5.41 Å². The zero-order valence-electron chi connectivity index (χ0n) is 11.7. The number of aliphatic hydroxyl groups excluding tert-OH is 1. The summed E-state index contributed by atoms with van der Waals surface area (Å²) < 4.78 is 0. The normalized spacial score (nSPS) is 17.3. The van der Waals surface area contributed by atoms with Gasteiger partial charge in [-0.2, -0.15) is 0 Å². The van der Waals surface area contributed by atoms with Gasteiger partial charge in [-0.3, -0.25) is 4.79 Å². The van der Waals surface area contributed by atoms with Gasteiger partial charge in [0, 0.05) is 28.1 Å². The van der Waals surface area contributed by atoms with Crippen molar-refractivity contribution < 1.29 is 9.90 Å². The molecule has 1 aliphatic rings. The first kappa shape index (κ1) is 16.3. The minimum absolute atomic E-state index is 0.125. The largest absolute Gasteiger partial charge is 0.396 e. The highest BCUT2D eigenvalue weighted by Gasteiger charge is 2.33. The van der Waals surface area contributed by atoms with Crippen LogP contribution in [0.15, 0.2) is 24.3 Å². The third-order valence-electron chi connectivity index (χ3n) is 4.01. The average molecular weight is 328 g/mol. The lowest BCUT2D eigenvalue weighted by atomic mass is 9.87. The monoisotopic (exact) mass is 327 g/mol. The molecule has 0 aliphatic heterocycles. The summed E-state index contributed by atoms with van der Waals surface area (Å²) in [6.45, 7) is 0.640. The van der Waals surface area contributed by atoms with Gasteiger partial charge in [-0.1, -0.05) is 42.1 Å². The van der Waals surface area contributed by atoms with Crippen LogP contribution >= 0.6 is 23.2 Å². The van der Waals surface area contributed by atoms with Crippen LogP contribution in [-0.2, 0) is 4.79 Å². The molecule has 2 rings (SSSR count). The number of nitrogens with one attached hydrogen (secondary N) is 1. The number of rotatable bonds is 5. The molecule has 1 aromatic rings. The number of carbonyl (C=O) groups is 1. The molecule has 2 N–H and O–H groups in total. The number of halogens is 2. The first-order valence-corrected chi connectivity index (χ1v) is 7.82. The van der Waals surface area contributed by atoms with Crippen molar-refractivity contribution in [3.8, 4) is 0 Å². The second-order valence-corrected chi connectivity index (χ2v) is 6.43. The molecule has 1 saturated carbocycles. The first-order valence-electron chi connectivity index (χ1n) is 7.06. The van der Waals surface area contributed by atoms with Crippen molar-refractivity contribution in [2.24, 2.45) is 5.41 Å². The SMILES string of the molecule is O=C(/C=C/c1ccc(Cl)cc1Cl)NCC1(CO)CCCC1. The van der Waals surface area contributed by atoms with E-state index in [4.69, 9.17) is 23.2 Å². The Balaban J connectivity index is 1.90. The van der Waals surface area contributed by atoms with Crippen LogP contribution in [-0.4, -0.2) is 24.2 Å². The predicted octanol–water partition coefficient (Wildman–Crippen LogP) is 3.68. The summed E-state index contributed by atoms with van der Waals surface area (Å²) in [5, 5.41) is 13.4. The molecule has 1 aromatic carbocycles. The molecule has 1 amide bonds. The summed E-state index contributed by atoms with van der Waals surface area (Å²) in [5.41, 5.74) is 0.607. The van der Waals surface area contributed by atoms with Crippen molar-refractivity contribution in [1.29, 1.82) is 0 Å². The van der Waals surface area contributed by atoms with Gasteiger partial charge in [0.2, 0.25) is 5.91 Å². The molecule has 0 saturated heterocycles. The van der Waals surface area contributed by atoms with Gasteiger partial charge in [-0.05, 0) is 36.6 Å². The lowest BCUT2D eigenvalue weighted by molar-refractivity contribution is -0.117. The quantitative estimate of drug-likeness (QED) is 0.810. The molecule has 0 atom stereocenters. The summed E-state index contributed by atoms with van der Waals surface area (Å²) >= 11 is 11.9. The molecule has 0 unspecified atom stereocenters. The highest BCUT2D eigenvalue weighted by Crippen LogP contribution is 2.36. The van der Waals surface area contributed by atoms with Gasteiger partial charge in [-0.15, -0.1) is 0 Å². The smallest absolute Gasteiger partial charge is 0.244 e. The Kier molecular flexibility index (Phi) is 5.68. The molecular formula is C16H19Cl2NO2. The third kappa shape index (κ3) is 4.47. The second-order valence-electron chi connectivity index (χ2n) is 5.58. The van der Waals surface area contributed by atoms with E-state index >= 15 is 0 Å². The van der Waals surface area contributed by atoms with E-state index in [1.165, 1.54) is 6.08 Å². The molecule has 21 heavy (non-hydrogen) atoms. The Hall–Kier alpha value is -1.03. The van der Waals surface area contributed by atoms with Crippen molar-refractivity contribution in [1.82, 2.24) is 5.32 Å². The van der Waals surface area contributed by atoms with E-state index in [1.807, 2.05) is 0 Å². The average Bonchev–Trinajstić information content (AvgIpc) is 2.94. The fraction of sp³-hybridized carbons (Fsp3) is 0.438. The highest BCUT2D eigenvalue weighted by molar-refractivity contribution is 6.35. The minimum Gasteiger partial charge on any atom is -0.396 e. The molecule has 0 spiro atoms. The van der Waals surface area contributed by atoms with Gasteiger partial charge < -0.3 is 10.4 Å². The van der Waals surface area contributed by atoms with E-state index in [0.29, 0.717) is 16.6 Å². The van der Waals surface area contributed by atoms with Gasteiger partial charge >= 0.3 is 0 Å². The number of amides is 1. The van der Waals surface area contributed by atoms with E-state index in [1.54, 1.807) is 24.3 Å². The summed E-state index contributed by atoms with van der Waals surface area (Å²) in [5.74, 6) is -0.180. The van der Waals surface area contributed by atoms with E-state index < -0.39 is 0 Å². The summed E-state index contributed by atoms with van der Waals surface area (Å²) in [4.78, 5) is 11.9. The zero-order chi connectivity index (χ0) is 15.3. The van der Waals surface area contributed by atoms with Crippen LogP contribution in [0.1, 0.15) is 31.2 Å². The molecule has 3 nitrogen and oxygen atoms in total. The van der Waals surface area contributed by atoms with Crippen LogP contribution < -0.4 is 5.32 Å². The standard InChI is InChI=1S/C16H19Cl2NO2/c17-13-5-3-12(14(18)9-13)4-6-15(21)19-10-16(11-20)7-1-2-8-16/h3-6,9,20H,1-2,7-8,10-11H2,(H,19,21)/b6-4+. The molecule has 0 radical (unpaired) electrons. The van der Waals surface area contributed by atoms with Crippen molar-refractivity contribution in [3.05, 3.63) is 39.9 Å². The second kappa shape index (κ2) is 7.30. The Morgan fingerprint density at radius 1 is 1.33 bits per heavy atom.